The molecule has 2 bridgehead atoms. The largest absolute Gasteiger partial charge is 0.486 e. The van der Waals surface area contributed by atoms with E-state index in [4.69, 9.17) is 14.2 Å². The molecule has 3 aliphatic heterocycles. The van der Waals surface area contributed by atoms with Crippen molar-refractivity contribution in [3.63, 3.8) is 0 Å². The summed E-state index contributed by atoms with van der Waals surface area (Å²) in [6, 6.07) is 9.53. The predicted molar refractivity (Wildman–Crippen MR) is 94.4 cm³/mol. The van der Waals surface area contributed by atoms with Gasteiger partial charge in [0.25, 0.3) is 0 Å². The third-order valence-corrected chi connectivity index (χ3v) is 5.49. The molecule has 1 unspecified atom stereocenters. The molecule has 1 amide bonds. The number of nitrogens with one attached hydrogen (secondary N) is 1. The fourth-order valence-corrected chi connectivity index (χ4v) is 4.41. The van der Waals surface area contributed by atoms with E-state index in [1.807, 2.05) is 30.3 Å². The summed E-state index contributed by atoms with van der Waals surface area (Å²) in [5.74, 6) is 1.10. The van der Waals surface area contributed by atoms with E-state index in [0.29, 0.717) is 30.4 Å². The molecule has 2 saturated heterocycles. The maximum Gasteiger partial charge on any atom is 0.230 e. The first-order chi connectivity index (χ1) is 12.8. The van der Waals surface area contributed by atoms with Gasteiger partial charge in [-0.25, -0.2) is 0 Å². The Morgan fingerprint density at radius 3 is 2.73 bits per heavy atom. The number of rotatable bonds is 3. The van der Waals surface area contributed by atoms with Gasteiger partial charge in [0.15, 0.2) is 11.5 Å². The van der Waals surface area contributed by atoms with Crippen molar-refractivity contribution in [1.82, 2.24) is 4.98 Å². The van der Waals surface area contributed by atoms with Crippen molar-refractivity contribution in [2.24, 2.45) is 5.92 Å². The van der Waals surface area contributed by atoms with Crippen LogP contribution in [0.2, 0.25) is 0 Å². The van der Waals surface area contributed by atoms with Gasteiger partial charge in [0, 0.05) is 18.3 Å². The number of benzene rings is 1. The summed E-state index contributed by atoms with van der Waals surface area (Å²) in [5, 5.41) is 3.06. The third kappa shape index (κ3) is 2.52. The number of ether oxygens (including phenoxy) is 3. The average Bonchev–Trinajstić information content (AvgIpc) is 3.30. The minimum absolute atomic E-state index is 0.0263. The van der Waals surface area contributed by atoms with Crippen molar-refractivity contribution >= 4 is 11.6 Å². The molecule has 2 aromatic rings. The first-order valence-corrected chi connectivity index (χ1v) is 9.06. The van der Waals surface area contributed by atoms with Crippen LogP contribution in [-0.2, 0) is 9.53 Å². The number of amides is 1. The van der Waals surface area contributed by atoms with Crippen LogP contribution < -0.4 is 14.8 Å². The number of aromatic nitrogens is 1. The molecule has 1 N–H and O–H groups in total. The molecule has 4 atom stereocenters. The number of para-hydroxylation sites is 1. The number of fused-ring (bicyclic) bond motifs is 3. The van der Waals surface area contributed by atoms with Crippen molar-refractivity contribution in [3.8, 4) is 11.5 Å². The highest BCUT2D eigenvalue weighted by atomic mass is 16.6. The minimum Gasteiger partial charge on any atom is -0.486 e. The molecule has 0 saturated carbocycles. The fraction of sp³-hybridized carbons (Fsp3) is 0.400. The highest BCUT2D eigenvalue weighted by Gasteiger charge is 2.52. The molecule has 1 aromatic carbocycles. The Bertz CT molecular complexity index is 826. The summed E-state index contributed by atoms with van der Waals surface area (Å²) >= 11 is 0. The summed E-state index contributed by atoms with van der Waals surface area (Å²) in [5.41, 5.74) is 1.77. The van der Waals surface area contributed by atoms with Gasteiger partial charge < -0.3 is 19.5 Å². The molecular formula is C20H20N2O4. The number of hydrogen-bond acceptors (Lipinski definition) is 5. The zero-order valence-corrected chi connectivity index (χ0v) is 14.3. The van der Waals surface area contributed by atoms with Gasteiger partial charge in [0.1, 0.15) is 13.2 Å². The lowest BCUT2D eigenvalue weighted by atomic mass is 9.75. The zero-order chi connectivity index (χ0) is 17.5. The number of carbonyl (C=O) groups excluding carboxylic acids is 1. The SMILES string of the molecule is O=C(Nc1cccc2c1OCCO2)C1[C@H]2CC[C@H](O2)[C@H]1c1ccncc1. The van der Waals surface area contributed by atoms with Crippen molar-refractivity contribution < 1.29 is 19.0 Å². The summed E-state index contributed by atoms with van der Waals surface area (Å²) in [6.07, 6.45) is 5.54. The van der Waals surface area contributed by atoms with E-state index in [9.17, 15) is 4.79 Å². The van der Waals surface area contributed by atoms with Gasteiger partial charge in [-0.15, -0.1) is 0 Å². The Kier molecular flexibility index (Phi) is 3.78. The van der Waals surface area contributed by atoms with Crippen LogP contribution in [0.1, 0.15) is 24.3 Å². The normalized spacial score (nSPS) is 28.8. The lowest BCUT2D eigenvalue weighted by Crippen LogP contribution is -2.36. The molecule has 1 aromatic heterocycles. The monoisotopic (exact) mass is 352 g/mol. The Balaban J connectivity index is 1.43. The number of hydrogen-bond donors (Lipinski definition) is 1. The number of nitrogens with zero attached hydrogens (tertiary/aromatic N) is 1. The molecule has 6 heteroatoms. The molecule has 6 nitrogen and oxygen atoms in total. The van der Waals surface area contributed by atoms with Crippen LogP contribution in [0.3, 0.4) is 0 Å². The molecule has 4 heterocycles. The van der Waals surface area contributed by atoms with E-state index in [1.165, 1.54) is 0 Å². The van der Waals surface area contributed by atoms with Gasteiger partial charge in [-0.1, -0.05) is 6.07 Å². The summed E-state index contributed by atoms with van der Waals surface area (Å²) in [7, 11) is 0. The first-order valence-electron chi connectivity index (χ1n) is 9.06. The minimum atomic E-state index is -0.212. The molecular weight excluding hydrogens is 332 g/mol. The highest BCUT2D eigenvalue weighted by Crippen LogP contribution is 2.49. The predicted octanol–water partition coefficient (Wildman–Crippen LogP) is 2.75. The van der Waals surface area contributed by atoms with Crippen molar-refractivity contribution in [2.75, 3.05) is 18.5 Å². The number of carbonyl (C=O) groups is 1. The molecule has 2 fully saturated rings. The van der Waals surface area contributed by atoms with E-state index in [1.54, 1.807) is 12.4 Å². The van der Waals surface area contributed by atoms with Crippen molar-refractivity contribution in [1.29, 1.82) is 0 Å². The molecule has 26 heavy (non-hydrogen) atoms. The standard InChI is InChI=1S/C20H20N2O4/c23-20(22-13-2-1-3-16-19(13)25-11-10-24-16)18-15-5-4-14(26-15)17(18)12-6-8-21-9-7-12/h1-3,6-9,14-15,17-18H,4-5,10-11H2,(H,22,23)/t14-,15+,17+,18?/m0/s1. The van der Waals surface area contributed by atoms with E-state index < -0.39 is 0 Å². The quantitative estimate of drug-likeness (QED) is 0.920. The van der Waals surface area contributed by atoms with Crippen LogP contribution in [0.4, 0.5) is 5.69 Å². The van der Waals surface area contributed by atoms with Crippen molar-refractivity contribution in [3.05, 3.63) is 48.3 Å². The van der Waals surface area contributed by atoms with Crippen LogP contribution >= 0.6 is 0 Å². The van der Waals surface area contributed by atoms with Crippen LogP contribution in [0, 0.1) is 5.92 Å². The molecule has 3 aliphatic rings. The Morgan fingerprint density at radius 1 is 1.04 bits per heavy atom. The molecule has 0 spiro atoms. The lowest BCUT2D eigenvalue weighted by Gasteiger charge is -2.28. The van der Waals surface area contributed by atoms with Gasteiger partial charge in [-0.05, 0) is 42.7 Å². The van der Waals surface area contributed by atoms with E-state index >= 15 is 0 Å². The molecule has 0 radical (unpaired) electrons. The lowest BCUT2D eigenvalue weighted by molar-refractivity contribution is -0.121. The maximum atomic E-state index is 13.2. The topological polar surface area (TPSA) is 69.7 Å². The van der Waals surface area contributed by atoms with Crippen molar-refractivity contribution in [2.45, 2.75) is 31.0 Å². The molecule has 5 rings (SSSR count). The highest BCUT2D eigenvalue weighted by molar-refractivity contribution is 5.96. The van der Waals surface area contributed by atoms with Gasteiger partial charge in [0.2, 0.25) is 5.91 Å². The third-order valence-electron chi connectivity index (χ3n) is 5.49. The first kappa shape index (κ1) is 15.6. The number of pyridine rings is 1. The van der Waals surface area contributed by atoms with Crippen LogP contribution in [0.25, 0.3) is 0 Å². The van der Waals surface area contributed by atoms with Gasteiger partial charge in [-0.3, -0.25) is 9.78 Å². The molecule has 134 valence electrons. The van der Waals surface area contributed by atoms with E-state index in [0.717, 1.165) is 18.4 Å². The summed E-state index contributed by atoms with van der Waals surface area (Å²) < 4.78 is 17.4. The summed E-state index contributed by atoms with van der Waals surface area (Å²) in [4.78, 5) is 17.3. The van der Waals surface area contributed by atoms with E-state index in [-0.39, 0.29) is 30.0 Å². The van der Waals surface area contributed by atoms with Crippen LogP contribution in [-0.4, -0.2) is 36.3 Å². The second-order valence-corrected chi connectivity index (χ2v) is 6.94. The van der Waals surface area contributed by atoms with E-state index in [2.05, 4.69) is 10.3 Å². The zero-order valence-electron chi connectivity index (χ0n) is 14.3. The van der Waals surface area contributed by atoms with Gasteiger partial charge in [0.05, 0.1) is 23.8 Å². The number of anilines is 1. The smallest absolute Gasteiger partial charge is 0.230 e. The van der Waals surface area contributed by atoms with Crippen LogP contribution in [0.5, 0.6) is 11.5 Å². The Morgan fingerprint density at radius 2 is 1.85 bits per heavy atom. The fourth-order valence-electron chi connectivity index (χ4n) is 4.41. The van der Waals surface area contributed by atoms with Gasteiger partial charge >= 0.3 is 0 Å². The second-order valence-electron chi connectivity index (χ2n) is 6.94. The average molecular weight is 352 g/mol. The molecule has 0 aliphatic carbocycles. The summed E-state index contributed by atoms with van der Waals surface area (Å²) in [6.45, 7) is 1.01. The Labute approximate surface area is 151 Å². The maximum absolute atomic E-state index is 13.2. The van der Waals surface area contributed by atoms with Gasteiger partial charge in [-0.2, -0.15) is 0 Å². The van der Waals surface area contributed by atoms with Crippen LogP contribution in [0.15, 0.2) is 42.7 Å². The second kappa shape index (κ2) is 6.29. The Hall–Kier alpha value is -2.60.